The van der Waals surface area contributed by atoms with E-state index in [2.05, 4.69) is 16.0 Å². The van der Waals surface area contributed by atoms with Crippen LogP contribution in [0, 0.1) is 0 Å². The van der Waals surface area contributed by atoms with E-state index in [0.29, 0.717) is 38.3 Å². The number of hydrogen-bond donors (Lipinski definition) is 3. The molecule has 10 heteroatoms. The summed E-state index contributed by atoms with van der Waals surface area (Å²) in [6.07, 6.45) is 1.48. The summed E-state index contributed by atoms with van der Waals surface area (Å²) in [4.78, 5) is 40.0. The molecule has 214 valence electrons. The maximum atomic E-state index is 13.4. The van der Waals surface area contributed by atoms with Gasteiger partial charge in [-0.1, -0.05) is 65.7 Å². The van der Waals surface area contributed by atoms with E-state index in [-0.39, 0.29) is 11.6 Å². The van der Waals surface area contributed by atoms with Gasteiger partial charge in [0.15, 0.2) is 0 Å². The lowest BCUT2D eigenvalue weighted by Crippen LogP contribution is -2.30. The Morgan fingerprint density at radius 2 is 1.60 bits per heavy atom. The zero-order chi connectivity index (χ0) is 30.1. The molecule has 0 fully saturated rings. The monoisotopic (exact) mass is 619 g/mol. The number of anilines is 2. The van der Waals surface area contributed by atoms with Crippen molar-refractivity contribution in [2.24, 2.45) is 0 Å². The van der Waals surface area contributed by atoms with Crippen LogP contribution >= 0.6 is 35.0 Å². The standard InChI is InChI=1S/C32H27Cl2N3O4S/c1-20(30(38)36-27-13-6-7-14-29(27)41-2)42-25-12-8-11-24(19-25)35-32(40)28(17-22-15-16-23(33)18-26(22)34)37-31(39)21-9-4-3-5-10-21/h3-20H,1-2H3,(H,35,40)(H,36,38)(H,37,39)/b28-17+. The number of thioether (sulfide) groups is 1. The topological polar surface area (TPSA) is 96.5 Å². The fourth-order valence-electron chi connectivity index (χ4n) is 3.80. The van der Waals surface area contributed by atoms with Crippen molar-refractivity contribution in [1.82, 2.24) is 5.32 Å². The van der Waals surface area contributed by atoms with Crippen molar-refractivity contribution in [3.8, 4) is 5.75 Å². The van der Waals surface area contributed by atoms with Crippen molar-refractivity contribution >= 4 is 70.1 Å². The molecule has 42 heavy (non-hydrogen) atoms. The molecule has 0 aliphatic rings. The molecule has 0 aliphatic carbocycles. The van der Waals surface area contributed by atoms with E-state index in [1.54, 1.807) is 92.9 Å². The summed E-state index contributed by atoms with van der Waals surface area (Å²) < 4.78 is 5.31. The third-order valence-corrected chi connectivity index (χ3v) is 7.59. The highest BCUT2D eigenvalue weighted by molar-refractivity contribution is 8.00. The molecule has 0 spiro atoms. The van der Waals surface area contributed by atoms with Crippen LogP contribution in [0.15, 0.2) is 108 Å². The molecule has 0 saturated heterocycles. The molecule has 4 aromatic carbocycles. The Bertz CT molecular complexity index is 1630. The molecule has 0 saturated carbocycles. The third-order valence-electron chi connectivity index (χ3n) is 5.93. The number of carbonyl (C=O) groups is 3. The Morgan fingerprint density at radius 3 is 2.33 bits per heavy atom. The minimum Gasteiger partial charge on any atom is -0.495 e. The first-order valence-electron chi connectivity index (χ1n) is 12.8. The van der Waals surface area contributed by atoms with Crippen LogP contribution in [0.3, 0.4) is 0 Å². The van der Waals surface area contributed by atoms with Crippen molar-refractivity contribution in [3.63, 3.8) is 0 Å². The van der Waals surface area contributed by atoms with Gasteiger partial charge in [0.05, 0.1) is 18.0 Å². The lowest BCUT2D eigenvalue weighted by atomic mass is 10.1. The number of amides is 3. The highest BCUT2D eigenvalue weighted by Crippen LogP contribution is 2.29. The van der Waals surface area contributed by atoms with Crippen LogP contribution in [0.5, 0.6) is 5.75 Å². The smallest absolute Gasteiger partial charge is 0.272 e. The van der Waals surface area contributed by atoms with Gasteiger partial charge in [-0.15, -0.1) is 11.8 Å². The lowest BCUT2D eigenvalue weighted by molar-refractivity contribution is -0.115. The van der Waals surface area contributed by atoms with E-state index in [9.17, 15) is 14.4 Å². The summed E-state index contributed by atoms with van der Waals surface area (Å²) in [6, 6.07) is 27.6. The van der Waals surface area contributed by atoms with Gasteiger partial charge in [0.2, 0.25) is 5.91 Å². The number of nitrogens with one attached hydrogen (secondary N) is 3. The van der Waals surface area contributed by atoms with Crippen LogP contribution in [0.2, 0.25) is 10.0 Å². The molecule has 0 aliphatic heterocycles. The minimum absolute atomic E-state index is 0.0179. The summed E-state index contributed by atoms with van der Waals surface area (Å²) in [5.41, 5.74) is 1.92. The zero-order valence-corrected chi connectivity index (χ0v) is 25.0. The van der Waals surface area contributed by atoms with Crippen LogP contribution in [-0.4, -0.2) is 30.1 Å². The molecule has 7 nitrogen and oxygen atoms in total. The summed E-state index contributed by atoms with van der Waals surface area (Å²) in [7, 11) is 1.54. The average Bonchev–Trinajstić information content (AvgIpc) is 2.98. The normalized spacial score (nSPS) is 11.8. The maximum absolute atomic E-state index is 13.4. The number of halogens is 2. The Labute approximate surface area is 258 Å². The second-order valence-electron chi connectivity index (χ2n) is 8.98. The van der Waals surface area contributed by atoms with Crippen molar-refractivity contribution in [2.45, 2.75) is 17.1 Å². The molecule has 3 N–H and O–H groups in total. The van der Waals surface area contributed by atoms with Crippen molar-refractivity contribution in [2.75, 3.05) is 17.7 Å². The van der Waals surface area contributed by atoms with Crippen molar-refractivity contribution < 1.29 is 19.1 Å². The molecule has 4 rings (SSSR count). The number of rotatable bonds is 10. The highest BCUT2D eigenvalue weighted by atomic mass is 35.5. The van der Waals surface area contributed by atoms with Gasteiger partial charge in [0.1, 0.15) is 11.4 Å². The minimum atomic E-state index is -0.561. The largest absolute Gasteiger partial charge is 0.495 e. The molecule has 4 aromatic rings. The van der Waals surface area contributed by atoms with Gasteiger partial charge in [-0.05, 0) is 73.2 Å². The molecular weight excluding hydrogens is 593 g/mol. The summed E-state index contributed by atoms with van der Waals surface area (Å²) in [6.45, 7) is 1.79. The number of ether oxygens (including phenoxy) is 1. The van der Waals surface area contributed by atoms with Crippen LogP contribution in [0.25, 0.3) is 6.08 Å². The molecule has 0 aromatic heterocycles. The molecule has 3 amide bonds. The summed E-state index contributed by atoms with van der Waals surface area (Å²) >= 11 is 13.7. The summed E-state index contributed by atoms with van der Waals surface area (Å²) in [5, 5.41) is 8.71. The fraction of sp³-hybridized carbons (Fsp3) is 0.0938. The first-order chi connectivity index (χ1) is 20.2. The van der Waals surface area contributed by atoms with Gasteiger partial charge in [-0.3, -0.25) is 14.4 Å². The van der Waals surface area contributed by atoms with E-state index in [0.717, 1.165) is 4.90 Å². The highest BCUT2D eigenvalue weighted by Gasteiger charge is 2.18. The molecular formula is C32H27Cl2N3O4S. The molecule has 0 heterocycles. The Balaban J connectivity index is 1.50. The molecule has 0 bridgehead atoms. The van der Waals surface area contributed by atoms with Gasteiger partial charge < -0.3 is 20.7 Å². The van der Waals surface area contributed by atoms with Gasteiger partial charge in [0, 0.05) is 26.2 Å². The first kappa shape index (κ1) is 30.7. The number of benzene rings is 4. The van der Waals surface area contributed by atoms with Crippen molar-refractivity contribution in [3.05, 3.63) is 124 Å². The zero-order valence-electron chi connectivity index (χ0n) is 22.7. The van der Waals surface area contributed by atoms with E-state index in [1.165, 1.54) is 17.8 Å². The molecule has 1 unspecified atom stereocenters. The van der Waals surface area contributed by atoms with Crippen molar-refractivity contribution in [1.29, 1.82) is 0 Å². The Morgan fingerprint density at radius 1 is 0.857 bits per heavy atom. The Hall–Kier alpha value is -4.24. The van der Waals surface area contributed by atoms with Crippen LogP contribution in [0.4, 0.5) is 11.4 Å². The maximum Gasteiger partial charge on any atom is 0.272 e. The lowest BCUT2D eigenvalue weighted by Gasteiger charge is -2.15. The summed E-state index contributed by atoms with van der Waals surface area (Å²) in [5.74, 6) is -0.654. The quantitative estimate of drug-likeness (QED) is 0.126. The van der Waals surface area contributed by atoms with Crippen LogP contribution in [-0.2, 0) is 9.59 Å². The molecule has 0 radical (unpaired) electrons. The molecule has 1 atom stereocenters. The number of carbonyl (C=O) groups excluding carboxylic acids is 3. The van der Waals surface area contributed by atoms with Crippen LogP contribution < -0.4 is 20.7 Å². The van der Waals surface area contributed by atoms with Crippen LogP contribution in [0.1, 0.15) is 22.8 Å². The van der Waals surface area contributed by atoms with E-state index >= 15 is 0 Å². The number of hydrogen-bond acceptors (Lipinski definition) is 5. The van der Waals surface area contributed by atoms with Gasteiger partial charge in [-0.2, -0.15) is 0 Å². The van der Waals surface area contributed by atoms with E-state index in [1.807, 2.05) is 18.2 Å². The second kappa shape index (κ2) is 14.6. The van der Waals surface area contributed by atoms with E-state index < -0.39 is 17.1 Å². The van der Waals surface area contributed by atoms with E-state index in [4.69, 9.17) is 27.9 Å². The SMILES string of the molecule is COc1ccccc1NC(=O)C(C)Sc1cccc(NC(=O)/C(=C\c2ccc(Cl)cc2Cl)NC(=O)c2ccccc2)c1. The Kier molecular flexibility index (Phi) is 10.7. The predicted molar refractivity (Wildman–Crippen MR) is 170 cm³/mol. The fourth-order valence-corrected chi connectivity index (χ4v) is 5.19. The predicted octanol–water partition coefficient (Wildman–Crippen LogP) is 7.53. The third kappa shape index (κ3) is 8.39. The number of methoxy groups -OCH3 is 1. The number of para-hydroxylation sites is 2. The second-order valence-corrected chi connectivity index (χ2v) is 11.2. The van der Waals surface area contributed by atoms with Gasteiger partial charge >= 0.3 is 0 Å². The first-order valence-corrected chi connectivity index (χ1v) is 14.4. The van der Waals surface area contributed by atoms with Gasteiger partial charge in [-0.25, -0.2) is 0 Å². The average molecular weight is 621 g/mol. The van der Waals surface area contributed by atoms with Gasteiger partial charge in [0.25, 0.3) is 11.8 Å².